The van der Waals surface area contributed by atoms with Crippen LogP contribution in [0.2, 0.25) is 0 Å². The Balaban J connectivity index is 1.54. The normalized spacial score (nSPS) is 19.6. The Kier molecular flexibility index (Phi) is 3.82. The van der Waals surface area contributed by atoms with Crippen LogP contribution in [0, 0.1) is 5.92 Å². The Labute approximate surface area is 145 Å². The summed E-state index contributed by atoms with van der Waals surface area (Å²) in [7, 11) is 1.81. The van der Waals surface area contributed by atoms with Crippen molar-refractivity contribution in [3.63, 3.8) is 0 Å². The van der Waals surface area contributed by atoms with Gasteiger partial charge < -0.3 is 14.8 Å². The van der Waals surface area contributed by atoms with Gasteiger partial charge in [0.15, 0.2) is 5.82 Å². The number of amides is 2. The fraction of sp³-hybridized carbons (Fsp3) is 0.529. The lowest BCUT2D eigenvalue weighted by molar-refractivity contribution is -0.138. The van der Waals surface area contributed by atoms with Crippen LogP contribution in [-0.4, -0.2) is 49.1 Å². The molecule has 0 spiro atoms. The van der Waals surface area contributed by atoms with Gasteiger partial charge in [0.1, 0.15) is 5.54 Å². The van der Waals surface area contributed by atoms with Gasteiger partial charge in [-0.1, -0.05) is 0 Å². The summed E-state index contributed by atoms with van der Waals surface area (Å²) in [5.74, 6) is 0.874. The third-order valence-electron chi connectivity index (χ3n) is 5.21. The number of piperidine rings is 1. The maximum Gasteiger partial charge on any atom is 0.251 e. The zero-order valence-corrected chi connectivity index (χ0v) is 14.3. The van der Waals surface area contributed by atoms with Crippen LogP contribution in [0.4, 0.5) is 5.82 Å². The summed E-state index contributed by atoms with van der Waals surface area (Å²) in [6, 6.07) is 1.77. The SMILES string of the molecule is Cn1ccc(NC(=O)C2(n3ccnc3)CCN(C(=O)C3CC3)CC2)n1. The van der Waals surface area contributed by atoms with Crippen LogP contribution in [0.25, 0.3) is 0 Å². The average molecular weight is 342 g/mol. The van der Waals surface area contributed by atoms with Gasteiger partial charge in [-0.25, -0.2) is 4.98 Å². The van der Waals surface area contributed by atoms with Gasteiger partial charge in [0.2, 0.25) is 5.91 Å². The molecule has 2 aliphatic rings. The van der Waals surface area contributed by atoms with E-state index in [9.17, 15) is 9.59 Å². The first-order chi connectivity index (χ1) is 12.1. The first-order valence-corrected chi connectivity index (χ1v) is 8.67. The van der Waals surface area contributed by atoms with Crippen molar-refractivity contribution in [3.05, 3.63) is 31.0 Å². The van der Waals surface area contributed by atoms with Crippen molar-refractivity contribution in [1.82, 2.24) is 24.2 Å². The number of hydrogen-bond donors (Lipinski definition) is 1. The predicted molar refractivity (Wildman–Crippen MR) is 90.6 cm³/mol. The minimum Gasteiger partial charge on any atom is -0.342 e. The fourth-order valence-corrected chi connectivity index (χ4v) is 3.51. The number of carbonyl (C=O) groups excluding carboxylic acids is 2. The Morgan fingerprint density at radius 1 is 1.24 bits per heavy atom. The maximum absolute atomic E-state index is 13.1. The molecule has 8 nitrogen and oxygen atoms in total. The summed E-state index contributed by atoms with van der Waals surface area (Å²) in [5, 5.41) is 7.15. The monoisotopic (exact) mass is 342 g/mol. The van der Waals surface area contributed by atoms with E-state index in [0.717, 1.165) is 12.8 Å². The van der Waals surface area contributed by atoms with E-state index in [4.69, 9.17) is 0 Å². The average Bonchev–Trinajstić information content (AvgIpc) is 3.15. The van der Waals surface area contributed by atoms with Gasteiger partial charge >= 0.3 is 0 Å². The molecule has 1 saturated carbocycles. The third-order valence-corrected chi connectivity index (χ3v) is 5.21. The number of carbonyl (C=O) groups is 2. The Bertz CT molecular complexity index is 769. The van der Waals surface area contributed by atoms with E-state index in [2.05, 4.69) is 15.4 Å². The minimum absolute atomic E-state index is 0.109. The second-order valence-electron chi connectivity index (χ2n) is 6.93. The number of anilines is 1. The number of nitrogens with zero attached hydrogens (tertiary/aromatic N) is 5. The van der Waals surface area contributed by atoms with E-state index < -0.39 is 5.54 Å². The lowest BCUT2D eigenvalue weighted by Gasteiger charge is -2.41. The van der Waals surface area contributed by atoms with Crippen molar-refractivity contribution < 1.29 is 9.59 Å². The molecule has 8 heteroatoms. The molecule has 0 atom stereocenters. The number of imidazole rings is 1. The van der Waals surface area contributed by atoms with Crippen LogP contribution < -0.4 is 5.32 Å². The topological polar surface area (TPSA) is 85.0 Å². The molecule has 0 radical (unpaired) electrons. The Morgan fingerprint density at radius 2 is 2.00 bits per heavy atom. The van der Waals surface area contributed by atoms with Crippen molar-refractivity contribution in [1.29, 1.82) is 0 Å². The first-order valence-electron chi connectivity index (χ1n) is 8.67. The molecule has 3 heterocycles. The van der Waals surface area contributed by atoms with Gasteiger partial charge in [0.05, 0.1) is 6.33 Å². The van der Waals surface area contributed by atoms with Gasteiger partial charge in [0.25, 0.3) is 5.91 Å². The highest BCUT2D eigenvalue weighted by molar-refractivity contribution is 5.96. The summed E-state index contributed by atoms with van der Waals surface area (Å²) < 4.78 is 3.51. The van der Waals surface area contributed by atoms with E-state index in [0.29, 0.717) is 31.7 Å². The van der Waals surface area contributed by atoms with E-state index >= 15 is 0 Å². The molecule has 0 aromatic carbocycles. The molecule has 2 amide bonds. The van der Waals surface area contributed by atoms with Crippen LogP contribution in [0.15, 0.2) is 31.0 Å². The van der Waals surface area contributed by atoms with E-state index in [1.54, 1.807) is 29.5 Å². The zero-order chi connectivity index (χ0) is 17.4. The van der Waals surface area contributed by atoms with Crippen LogP contribution in [0.5, 0.6) is 0 Å². The second-order valence-corrected chi connectivity index (χ2v) is 6.93. The number of likely N-dealkylation sites (tertiary alicyclic amines) is 1. The molecule has 1 aliphatic carbocycles. The maximum atomic E-state index is 13.1. The number of aromatic nitrogens is 4. The lowest BCUT2D eigenvalue weighted by atomic mass is 9.85. The predicted octanol–water partition coefficient (Wildman–Crippen LogP) is 0.983. The zero-order valence-electron chi connectivity index (χ0n) is 14.3. The highest BCUT2D eigenvalue weighted by Gasteiger charge is 2.45. The van der Waals surface area contributed by atoms with Crippen LogP contribution in [0.3, 0.4) is 0 Å². The third kappa shape index (κ3) is 2.92. The van der Waals surface area contributed by atoms with Crippen LogP contribution >= 0.6 is 0 Å². The molecule has 1 N–H and O–H groups in total. The molecular formula is C17H22N6O2. The van der Waals surface area contributed by atoms with Gasteiger partial charge in [0, 0.05) is 50.7 Å². The van der Waals surface area contributed by atoms with Crippen molar-refractivity contribution in [3.8, 4) is 0 Å². The minimum atomic E-state index is -0.742. The first kappa shape index (κ1) is 15.9. The molecule has 1 aliphatic heterocycles. The fourth-order valence-electron chi connectivity index (χ4n) is 3.51. The molecule has 0 unspecified atom stereocenters. The second kappa shape index (κ2) is 6.02. The van der Waals surface area contributed by atoms with Gasteiger partial charge in [-0.05, 0) is 25.7 Å². The van der Waals surface area contributed by atoms with E-state index in [-0.39, 0.29) is 17.7 Å². The summed E-state index contributed by atoms with van der Waals surface area (Å²) in [4.78, 5) is 31.4. The number of hydrogen-bond acceptors (Lipinski definition) is 4. The molecular weight excluding hydrogens is 320 g/mol. The van der Waals surface area contributed by atoms with Crippen molar-refractivity contribution >= 4 is 17.6 Å². The van der Waals surface area contributed by atoms with Crippen molar-refractivity contribution in [2.75, 3.05) is 18.4 Å². The van der Waals surface area contributed by atoms with E-state index in [1.807, 2.05) is 22.7 Å². The number of aryl methyl sites for hydroxylation is 1. The standard InChI is InChI=1S/C17H22N6O2/c1-21-8-4-14(20-21)19-16(25)17(23-11-7-18-12-23)5-9-22(10-6-17)15(24)13-2-3-13/h4,7-8,11-13H,2-3,5-6,9-10H2,1H3,(H,19,20,25). The molecule has 25 heavy (non-hydrogen) atoms. The van der Waals surface area contributed by atoms with Crippen LogP contribution in [-0.2, 0) is 22.2 Å². The van der Waals surface area contributed by atoms with Crippen LogP contribution in [0.1, 0.15) is 25.7 Å². The molecule has 2 aromatic heterocycles. The molecule has 2 fully saturated rings. The molecule has 2 aromatic rings. The molecule has 132 valence electrons. The quantitative estimate of drug-likeness (QED) is 0.898. The summed E-state index contributed by atoms with van der Waals surface area (Å²) in [6.45, 7) is 1.17. The highest BCUT2D eigenvalue weighted by Crippen LogP contribution is 2.36. The summed E-state index contributed by atoms with van der Waals surface area (Å²) in [5.41, 5.74) is -0.742. The van der Waals surface area contributed by atoms with Gasteiger partial charge in [-0.3, -0.25) is 14.3 Å². The summed E-state index contributed by atoms with van der Waals surface area (Å²) >= 11 is 0. The molecule has 1 saturated heterocycles. The van der Waals surface area contributed by atoms with Gasteiger partial charge in [-0.2, -0.15) is 5.10 Å². The smallest absolute Gasteiger partial charge is 0.251 e. The Hall–Kier alpha value is -2.64. The van der Waals surface area contributed by atoms with E-state index in [1.165, 1.54) is 0 Å². The Morgan fingerprint density at radius 3 is 2.56 bits per heavy atom. The summed E-state index contributed by atoms with van der Waals surface area (Å²) in [6.07, 6.45) is 10.1. The lowest BCUT2D eigenvalue weighted by Crippen LogP contribution is -2.54. The largest absolute Gasteiger partial charge is 0.342 e. The van der Waals surface area contributed by atoms with Crippen molar-refractivity contribution in [2.45, 2.75) is 31.2 Å². The van der Waals surface area contributed by atoms with Gasteiger partial charge in [-0.15, -0.1) is 0 Å². The van der Waals surface area contributed by atoms with Crippen molar-refractivity contribution in [2.24, 2.45) is 13.0 Å². The number of rotatable bonds is 4. The highest BCUT2D eigenvalue weighted by atomic mass is 16.2. The molecule has 4 rings (SSSR count). The number of nitrogens with one attached hydrogen (secondary N) is 1. The molecule has 0 bridgehead atoms.